The molecule has 0 fully saturated rings. The second kappa shape index (κ2) is 18.3. The fourth-order valence-corrected chi connectivity index (χ4v) is 15.2. The maximum atomic E-state index is 2.52. The van der Waals surface area contributed by atoms with E-state index in [1.807, 2.05) is 0 Å². The van der Waals surface area contributed by atoms with E-state index in [9.17, 15) is 0 Å². The summed E-state index contributed by atoms with van der Waals surface area (Å²) in [7, 11) is 4.53. The Bertz CT molecular complexity index is 3900. The molecule has 4 heteroatoms. The summed E-state index contributed by atoms with van der Waals surface area (Å²) in [6.45, 7) is 20.9. The summed E-state index contributed by atoms with van der Waals surface area (Å²) >= 11 is 0. The van der Waals surface area contributed by atoms with Crippen molar-refractivity contribution in [1.29, 1.82) is 0 Å². The number of fused-ring (bicyclic) bond motifs is 12. The summed E-state index contributed by atoms with van der Waals surface area (Å²) in [6, 6.07) is 63.8. The summed E-state index contributed by atoms with van der Waals surface area (Å²) in [5.74, 6) is 0. The summed E-state index contributed by atoms with van der Waals surface area (Å²) < 4.78 is 4.91. The average Bonchev–Trinajstić information content (AvgIpc) is 4.08. The molecule has 0 spiro atoms. The quantitative estimate of drug-likeness (QED) is 0.127. The fraction of sp³-hybridized carbons (Fsp3) is 0.243. The molecule has 78 heavy (non-hydrogen) atoms. The molecular formula is C74H72N4+2. The van der Waals surface area contributed by atoms with Gasteiger partial charge in [0.2, 0.25) is 11.4 Å². The first kappa shape index (κ1) is 49.5. The van der Waals surface area contributed by atoms with Gasteiger partial charge in [-0.05, 0) is 142 Å². The van der Waals surface area contributed by atoms with E-state index in [2.05, 4.69) is 295 Å². The fourth-order valence-electron chi connectivity index (χ4n) is 15.2. The maximum Gasteiger partial charge on any atom is 0.210 e. The number of benzene rings is 9. The molecule has 9 aromatic rings. The van der Waals surface area contributed by atoms with E-state index in [0.717, 1.165) is 25.9 Å². The third-order valence-corrected chi connectivity index (χ3v) is 18.8. The monoisotopic (exact) mass is 1020 g/mol. The molecule has 0 aliphatic carbocycles. The Kier molecular flexibility index (Phi) is 11.6. The third kappa shape index (κ3) is 7.31. The molecule has 0 amide bonds. The average molecular weight is 1020 g/mol. The number of nitrogens with zero attached hydrogens (tertiary/aromatic N) is 4. The van der Waals surface area contributed by atoms with E-state index >= 15 is 0 Å². The van der Waals surface area contributed by atoms with Crippen LogP contribution >= 0.6 is 0 Å². The van der Waals surface area contributed by atoms with Gasteiger partial charge in [-0.3, -0.25) is 0 Å². The topological polar surface area (TPSA) is 12.5 Å². The van der Waals surface area contributed by atoms with E-state index in [4.69, 9.17) is 0 Å². The van der Waals surface area contributed by atoms with Crippen molar-refractivity contribution in [3.8, 4) is 0 Å². The van der Waals surface area contributed by atoms with Gasteiger partial charge in [0, 0.05) is 82.1 Å². The van der Waals surface area contributed by atoms with Crippen molar-refractivity contribution in [3.63, 3.8) is 0 Å². The van der Waals surface area contributed by atoms with Crippen LogP contribution in [0.4, 0.5) is 22.7 Å². The predicted molar refractivity (Wildman–Crippen MR) is 333 cm³/mol. The van der Waals surface area contributed by atoms with Crippen LogP contribution < -0.4 is 9.80 Å². The molecule has 4 nitrogen and oxygen atoms in total. The van der Waals surface area contributed by atoms with E-state index in [1.165, 1.54) is 122 Å². The highest BCUT2D eigenvalue weighted by Gasteiger charge is 2.50. The number of anilines is 2. The standard InChI is InChI=1S/C74H72N4/c1-11-77-61-45-41-51-23-13-17-27-55(51)67(61)71(3,4)63(77)31-21-33-65-73(7,69-57-29-19-15-25-53(57)39-43-59(69)75(65)9)47-49-35-37-50(38-36-49)48-74(8)66(76(10)60-44-40-54-26-16-20-30-58(54)70(60)74)34-22-32-64-72(5,6)68-56-28-18-14-24-52(56)42-46-62(68)78(64)12-2/h13-46H,11-12,47-48H2,1-10H3/q+2. The van der Waals surface area contributed by atoms with Gasteiger partial charge in [-0.2, -0.15) is 9.15 Å². The zero-order chi connectivity index (χ0) is 53.9. The SMILES string of the molecule is CCN1C(=CC=CC2=[N+](C)c3ccc4ccccc4c3C2(C)Cc2ccc(CC3(C)C(C=CC=C4N(CC)c5ccc6ccccc6c5C4(C)C)=[N+](C)c4ccc5ccccc5c43)cc2)C(C)(C)c2c1ccc1ccccc21. The van der Waals surface area contributed by atoms with Crippen LogP contribution in [0, 0.1) is 0 Å². The van der Waals surface area contributed by atoms with E-state index < -0.39 is 0 Å². The number of likely N-dealkylation sites (N-methyl/N-ethyl adjacent to an activating group) is 2. The van der Waals surface area contributed by atoms with Crippen molar-refractivity contribution in [2.75, 3.05) is 37.0 Å². The summed E-state index contributed by atoms with van der Waals surface area (Å²) in [5.41, 5.74) is 17.9. The summed E-state index contributed by atoms with van der Waals surface area (Å²) in [4.78, 5) is 5.05. The molecule has 0 saturated heterocycles. The van der Waals surface area contributed by atoms with Crippen LogP contribution in [-0.2, 0) is 34.5 Å². The molecule has 386 valence electrons. The molecule has 4 heterocycles. The lowest BCUT2D eigenvalue weighted by atomic mass is 9.72. The van der Waals surface area contributed by atoms with Gasteiger partial charge in [-0.1, -0.05) is 173 Å². The van der Waals surface area contributed by atoms with Gasteiger partial charge < -0.3 is 9.80 Å². The van der Waals surface area contributed by atoms with Crippen molar-refractivity contribution < 1.29 is 9.15 Å². The molecule has 0 N–H and O–H groups in total. The van der Waals surface area contributed by atoms with Crippen LogP contribution in [0.1, 0.15) is 88.8 Å². The van der Waals surface area contributed by atoms with Gasteiger partial charge in [-0.15, -0.1) is 0 Å². The zero-order valence-corrected chi connectivity index (χ0v) is 47.2. The molecule has 13 rings (SSSR count). The van der Waals surface area contributed by atoms with Crippen LogP contribution in [0.15, 0.2) is 218 Å². The Balaban J connectivity index is 0.848. The first-order valence-corrected chi connectivity index (χ1v) is 28.4. The highest BCUT2D eigenvalue weighted by atomic mass is 15.2. The summed E-state index contributed by atoms with van der Waals surface area (Å²) in [5, 5.41) is 10.5. The second-order valence-electron chi connectivity index (χ2n) is 24.0. The van der Waals surface area contributed by atoms with E-state index in [0.29, 0.717) is 0 Å². The first-order valence-electron chi connectivity index (χ1n) is 28.4. The Morgan fingerprint density at radius 1 is 0.385 bits per heavy atom. The van der Waals surface area contributed by atoms with Gasteiger partial charge >= 0.3 is 0 Å². The molecule has 0 bridgehead atoms. The van der Waals surface area contributed by atoms with Crippen molar-refractivity contribution in [3.05, 3.63) is 251 Å². The third-order valence-electron chi connectivity index (χ3n) is 18.8. The molecule has 2 unspecified atom stereocenters. The number of rotatable bonds is 10. The van der Waals surface area contributed by atoms with Crippen LogP contribution in [0.25, 0.3) is 43.1 Å². The van der Waals surface area contributed by atoms with Crippen LogP contribution in [0.3, 0.4) is 0 Å². The number of hydrogen-bond acceptors (Lipinski definition) is 2. The molecule has 0 aromatic heterocycles. The first-order chi connectivity index (χ1) is 37.7. The van der Waals surface area contributed by atoms with Gasteiger partial charge in [0.1, 0.15) is 14.1 Å². The Morgan fingerprint density at radius 3 is 1.05 bits per heavy atom. The van der Waals surface area contributed by atoms with Gasteiger partial charge in [-0.25, -0.2) is 0 Å². The minimum atomic E-state index is -0.301. The van der Waals surface area contributed by atoms with E-state index in [1.54, 1.807) is 0 Å². The minimum absolute atomic E-state index is 0.161. The van der Waals surface area contributed by atoms with Crippen LogP contribution in [-0.4, -0.2) is 47.8 Å². The highest BCUT2D eigenvalue weighted by molar-refractivity contribution is 6.10. The highest BCUT2D eigenvalue weighted by Crippen LogP contribution is 2.53. The predicted octanol–water partition coefficient (Wildman–Crippen LogP) is 17.3. The minimum Gasteiger partial charge on any atom is -0.344 e. The second-order valence-corrected chi connectivity index (χ2v) is 24.0. The molecule has 9 aromatic carbocycles. The summed E-state index contributed by atoms with van der Waals surface area (Å²) in [6.07, 6.45) is 16.0. The Morgan fingerprint density at radius 2 is 0.705 bits per heavy atom. The number of allylic oxidation sites excluding steroid dienone is 8. The normalized spacial score (nSPS) is 21.3. The largest absolute Gasteiger partial charge is 0.344 e. The van der Waals surface area contributed by atoms with Crippen LogP contribution in [0.5, 0.6) is 0 Å². The lowest BCUT2D eigenvalue weighted by Gasteiger charge is -2.26. The van der Waals surface area contributed by atoms with Gasteiger partial charge in [0.15, 0.2) is 11.4 Å². The Labute approximate surface area is 462 Å². The molecule has 4 aliphatic heterocycles. The van der Waals surface area contributed by atoms with Crippen molar-refractivity contribution >= 4 is 77.3 Å². The Hall–Kier alpha value is -8.08. The maximum absolute atomic E-state index is 2.52. The lowest BCUT2D eigenvalue weighted by molar-refractivity contribution is -0.401. The zero-order valence-electron chi connectivity index (χ0n) is 47.2. The lowest BCUT2D eigenvalue weighted by Crippen LogP contribution is -2.34. The van der Waals surface area contributed by atoms with Crippen molar-refractivity contribution in [2.24, 2.45) is 0 Å². The van der Waals surface area contributed by atoms with Crippen molar-refractivity contribution in [2.45, 2.75) is 89.9 Å². The van der Waals surface area contributed by atoms with Gasteiger partial charge in [0.25, 0.3) is 0 Å². The molecular weight excluding hydrogens is 945 g/mol. The van der Waals surface area contributed by atoms with Crippen LogP contribution in [0.2, 0.25) is 0 Å². The molecule has 0 saturated carbocycles. The molecule has 2 atom stereocenters. The molecule has 0 radical (unpaired) electrons. The smallest absolute Gasteiger partial charge is 0.210 e. The van der Waals surface area contributed by atoms with E-state index in [-0.39, 0.29) is 21.7 Å². The molecule has 4 aliphatic rings. The van der Waals surface area contributed by atoms with Gasteiger partial charge in [0.05, 0.1) is 10.8 Å². The number of hydrogen-bond donors (Lipinski definition) is 0. The van der Waals surface area contributed by atoms with Crippen molar-refractivity contribution in [1.82, 2.24) is 0 Å².